The van der Waals surface area contributed by atoms with Crippen LogP contribution in [0.2, 0.25) is 0 Å². The predicted molar refractivity (Wildman–Crippen MR) is 130 cm³/mol. The van der Waals surface area contributed by atoms with Crippen LogP contribution >= 0.6 is 0 Å². The molecule has 0 N–H and O–H groups in total. The van der Waals surface area contributed by atoms with Crippen molar-refractivity contribution in [3.05, 3.63) is 64.7 Å². The zero-order valence-corrected chi connectivity index (χ0v) is 20.2. The highest BCUT2D eigenvalue weighted by Crippen LogP contribution is 2.39. The Bertz CT molecular complexity index is 975. The highest BCUT2D eigenvalue weighted by atomic mass is 16.5. The highest BCUT2D eigenvalue weighted by Gasteiger charge is 2.36. The summed E-state index contributed by atoms with van der Waals surface area (Å²) in [5.41, 5.74) is 4.70. The summed E-state index contributed by atoms with van der Waals surface area (Å²) in [6, 6.07) is 14.5. The van der Waals surface area contributed by atoms with Crippen molar-refractivity contribution in [1.82, 2.24) is 9.80 Å². The first kappa shape index (κ1) is 23.3. The number of aryl methyl sites for hydroxylation is 1. The first-order chi connectivity index (χ1) is 16.0. The van der Waals surface area contributed by atoms with Crippen LogP contribution in [0, 0.1) is 12.8 Å². The SMILES string of the molecule is CCN(CC)C(=O)COc1ccc2c(c1)C(c1ccc(C)cc1)N(C(=O)C1CCCC1)CC2. The van der Waals surface area contributed by atoms with Crippen molar-refractivity contribution in [1.29, 1.82) is 0 Å². The van der Waals surface area contributed by atoms with Gasteiger partial charge in [0.15, 0.2) is 6.61 Å². The smallest absolute Gasteiger partial charge is 0.260 e. The van der Waals surface area contributed by atoms with Gasteiger partial charge < -0.3 is 14.5 Å². The van der Waals surface area contributed by atoms with Crippen molar-refractivity contribution in [2.75, 3.05) is 26.2 Å². The second-order valence-corrected chi connectivity index (χ2v) is 9.29. The van der Waals surface area contributed by atoms with Crippen molar-refractivity contribution >= 4 is 11.8 Å². The summed E-state index contributed by atoms with van der Waals surface area (Å²) in [6.07, 6.45) is 5.14. The Balaban J connectivity index is 1.64. The Hall–Kier alpha value is -2.82. The molecule has 1 atom stereocenters. The maximum Gasteiger partial charge on any atom is 0.260 e. The molecule has 0 bridgehead atoms. The zero-order chi connectivity index (χ0) is 23.4. The molecule has 5 nitrogen and oxygen atoms in total. The van der Waals surface area contributed by atoms with Crippen molar-refractivity contribution in [3.63, 3.8) is 0 Å². The molecule has 1 fully saturated rings. The maximum absolute atomic E-state index is 13.5. The molecule has 1 aliphatic heterocycles. The fraction of sp³-hybridized carbons (Fsp3) is 0.500. The Labute approximate surface area is 197 Å². The maximum atomic E-state index is 13.5. The predicted octanol–water partition coefficient (Wildman–Crippen LogP) is 4.91. The summed E-state index contributed by atoms with van der Waals surface area (Å²) in [7, 11) is 0. The lowest BCUT2D eigenvalue weighted by Gasteiger charge is -2.39. The number of rotatable bonds is 7. The third kappa shape index (κ3) is 5.07. The molecule has 1 aliphatic carbocycles. The number of carbonyl (C=O) groups is 2. The molecule has 0 spiro atoms. The number of carbonyl (C=O) groups excluding carboxylic acids is 2. The molecule has 176 valence electrons. The quantitative estimate of drug-likeness (QED) is 0.605. The Morgan fingerprint density at radius 2 is 1.73 bits per heavy atom. The number of hydrogen-bond donors (Lipinski definition) is 0. The summed E-state index contributed by atoms with van der Waals surface area (Å²) >= 11 is 0. The van der Waals surface area contributed by atoms with Gasteiger partial charge in [0.05, 0.1) is 6.04 Å². The first-order valence-corrected chi connectivity index (χ1v) is 12.4. The molecular formula is C28H36N2O3. The summed E-state index contributed by atoms with van der Waals surface area (Å²) < 4.78 is 5.92. The third-order valence-corrected chi connectivity index (χ3v) is 7.20. The lowest BCUT2D eigenvalue weighted by atomic mass is 9.86. The average Bonchev–Trinajstić information content (AvgIpc) is 3.38. The molecule has 2 aromatic rings. The number of fused-ring (bicyclic) bond motifs is 1. The molecule has 5 heteroatoms. The Morgan fingerprint density at radius 3 is 2.39 bits per heavy atom. The largest absolute Gasteiger partial charge is 0.484 e. The van der Waals surface area contributed by atoms with E-state index in [0.717, 1.165) is 49.8 Å². The molecule has 2 aromatic carbocycles. The molecule has 0 saturated heterocycles. The van der Waals surface area contributed by atoms with Crippen LogP contribution in [-0.2, 0) is 16.0 Å². The van der Waals surface area contributed by atoms with Crippen molar-refractivity contribution in [3.8, 4) is 5.75 Å². The third-order valence-electron chi connectivity index (χ3n) is 7.20. The van der Waals surface area contributed by atoms with Crippen LogP contribution in [0.1, 0.15) is 67.8 Å². The van der Waals surface area contributed by atoms with Gasteiger partial charge in [-0.3, -0.25) is 9.59 Å². The number of amides is 2. The molecule has 1 heterocycles. The normalized spacial score (nSPS) is 18.2. The Kier molecular flexibility index (Phi) is 7.36. The van der Waals surface area contributed by atoms with E-state index in [9.17, 15) is 9.59 Å². The van der Waals surface area contributed by atoms with E-state index < -0.39 is 0 Å². The van der Waals surface area contributed by atoms with Gasteiger partial charge in [-0.2, -0.15) is 0 Å². The van der Waals surface area contributed by atoms with Gasteiger partial charge in [0.25, 0.3) is 5.91 Å². The van der Waals surface area contributed by atoms with Crippen LogP contribution in [0.15, 0.2) is 42.5 Å². The number of nitrogens with zero attached hydrogens (tertiary/aromatic N) is 2. The minimum Gasteiger partial charge on any atom is -0.484 e. The summed E-state index contributed by atoms with van der Waals surface area (Å²) in [5, 5.41) is 0. The number of hydrogen-bond acceptors (Lipinski definition) is 3. The monoisotopic (exact) mass is 448 g/mol. The van der Waals surface area contributed by atoms with Crippen molar-refractivity contribution in [2.24, 2.45) is 5.92 Å². The Morgan fingerprint density at radius 1 is 1.03 bits per heavy atom. The molecule has 1 unspecified atom stereocenters. The topological polar surface area (TPSA) is 49.9 Å². The van der Waals surface area contributed by atoms with E-state index in [2.05, 4.69) is 42.2 Å². The molecule has 1 saturated carbocycles. The van der Waals surface area contributed by atoms with Crippen LogP contribution in [0.3, 0.4) is 0 Å². The standard InChI is InChI=1S/C28H36N2O3/c1-4-29(5-2)26(31)19-33-24-15-14-21-16-17-30(28(32)23-8-6-7-9-23)27(25(21)18-24)22-12-10-20(3)11-13-22/h10-15,18,23,27H,4-9,16-17,19H2,1-3H3. The fourth-order valence-corrected chi connectivity index (χ4v) is 5.25. The molecule has 0 aromatic heterocycles. The molecule has 4 rings (SSSR count). The van der Waals surface area contributed by atoms with Gasteiger partial charge in [0.2, 0.25) is 5.91 Å². The van der Waals surface area contributed by atoms with Gasteiger partial charge in [-0.1, -0.05) is 48.7 Å². The van der Waals surface area contributed by atoms with Crippen LogP contribution in [0.4, 0.5) is 0 Å². The number of benzene rings is 2. The summed E-state index contributed by atoms with van der Waals surface area (Å²) in [6.45, 7) is 8.15. The fourth-order valence-electron chi connectivity index (χ4n) is 5.25. The van der Waals surface area contributed by atoms with E-state index in [-0.39, 0.29) is 30.4 Å². The minimum absolute atomic E-state index is 0.00848. The van der Waals surface area contributed by atoms with Crippen molar-refractivity contribution < 1.29 is 14.3 Å². The zero-order valence-electron chi connectivity index (χ0n) is 20.2. The van der Waals surface area contributed by atoms with E-state index >= 15 is 0 Å². The second kappa shape index (κ2) is 10.4. The molecule has 33 heavy (non-hydrogen) atoms. The van der Waals surface area contributed by atoms with Gasteiger partial charge in [-0.15, -0.1) is 0 Å². The van der Waals surface area contributed by atoms with Gasteiger partial charge in [-0.05, 0) is 68.9 Å². The van der Waals surface area contributed by atoms with Crippen molar-refractivity contribution in [2.45, 2.75) is 58.9 Å². The van der Waals surface area contributed by atoms with Crippen LogP contribution < -0.4 is 4.74 Å². The van der Waals surface area contributed by atoms with E-state index in [1.165, 1.54) is 11.1 Å². The van der Waals surface area contributed by atoms with Crippen LogP contribution in [-0.4, -0.2) is 47.9 Å². The molecule has 0 radical (unpaired) electrons. The number of likely N-dealkylation sites (N-methyl/N-ethyl adjacent to an activating group) is 1. The van der Waals surface area contributed by atoms with E-state index in [1.807, 2.05) is 26.0 Å². The number of ether oxygens (including phenoxy) is 1. The van der Waals surface area contributed by atoms with Gasteiger partial charge in [0, 0.05) is 25.6 Å². The molecule has 2 amide bonds. The summed E-state index contributed by atoms with van der Waals surface area (Å²) in [4.78, 5) is 29.8. The minimum atomic E-state index is -0.121. The average molecular weight is 449 g/mol. The molecule has 2 aliphatic rings. The van der Waals surface area contributed by atoms with Crippen LogP contribution in [0.25, 0.3) is 0 Å². The lowest BCUT2D eigenvalue weighted by molar-refractivity contribution is -0.137. The van der Waals surface area contributed by atoms with Gasteiger partial charge >= 0.3 is 0 Å². The highest BCUT2D eigenvalue weighted by molar-refractivity contribution is 5.80. The van der Waals surface area contributed by atoms with Crippen LogP contribution in [0.5, 0.6) is 5.75 Å². The van der Waals surface area contributed by atoms with E-state index in [1.54, 1.807) is 4.90 Å². The summed E-state index contributed by atoms with van der Waals surface area (Å²) in [5.74, 6) is 1.10. The second-order valence-electron chi connectivity index (χ2n) is 9.29. The van der Waals surface area contributed by atoms with E-state index in [4.69, 9.17) is 4.74 Å². The first-order valence-electron chi connectivity index (χ1n) is 12.4. The van der Waals surface area contributed by atoms with Gasteiger partial charge in [-0.25, -0.2) is 0 Å². The lowest BCUT2D eigenvalue weighted by Crippen LogP contribution is -2.43. The molecular weight excluding hydrogens is 412 g/mol. The van der Waals surface area contributed by atoms with E-state index in [0.29, 0.717) is 18.8 Å². The van der Waals surface area contributed by atoms with Gasteiger partial charge in [0.1, 0.15) is 5.75 Å².